The van der Waals surface area contributed by atoms with E-state index in [1.54, 1.807) is 0 Å². The van der Waals surface area contributed by atoms with Crippen LogP contribution in [0.1, 0.15) is 33.1 Å². The second kappa shape index (κ2) is 4.10. The molecule has 0 heterocycles. The van der Waals surface area contributed by atoms with Crippen molar-refractivity contribution in [1.29, 1.82) is 0 Å². The minimum absolute atomic E-state index is 0.421. The molecule has 0 aromatic carbocycles. The predicted octanol–water partition coefficient (Wildman–Crippen LogP) is 2.89. The summed E-state index contributed by atoms with van der Waals surface area (Å²) in [6.45, 7) is 5.84. The molecule has 0 spiro atoms. The average molecular weight is 234 g/mol. The summed E-state index contributed by atoms with van der Waals surface area (Å²) in [6.07, 6.45) is 4.26. The fourth-order valence-electron chi connectivity index (χ4n) is 1.67. The molecule has 0 aliphatic heterocycles. The van der Waals surface area contributed by atoms with Gasteiger partial charge in [-0.2, -0.15) is 0 Å². The number of rotatable bonds is 4. The quantitative estimate of drug-likeness (QED) is 0.676. The number of hydrogen-bond acceptors (Lipinski definition) is 1. The van der Waals surface area contributed by atoms with Crippen LogP contribution < -0.4 is 0 Å². The summed E-state index contributed by atoms with van der Waals surface area (Å²) in [5.41, 5.74) is 0.421. The molecular weight excluding hydrogens is 214 g/mol. The Labute approximate surface area is 84.6 Å². The van der Waals surface area contributed by atoms with Crippen molar-refractivity contribution in [1.82, 2.24) is 4.90 Å². The normalized spacial score (nSPS) is 19.8. The summed E-state index contributed by atoms with van der Waals surface area (Å²) in [4.78, 5) is 2.52. The molecule has 1 nitrogen and oxygen atoms in total. The van der Waals surface area contributed by atoms with Gasteiger partial charge in [0.1, 0.15) is 0 Å². The molecule has 1 aliphatic carbocycles. The molecule has 0 saturated heterocycles. The minimum Gasteiger partial charge on any atom is -0.303 e. The van der Waals surface area contributed by atoms with Crippen LogP contribution in [0.15, 0.2) is 0 Å². The average Bonchev–Trinajstić information content (AvgIpc) is 1.82. The third kappa shape index (κ3) is 2.74. The summed E-state index contributed by atoms with van der Waals surface area (Å²) in [7, 11) is 2.26. The molecule has 0 aromatic heterocycles. The maximum absolute atomic E-state index is 3.56. The first-order chi connectivity index (χ1) is 5.55. The van der Waals surface area contributed by atoms with Crippen LogP contribution in [0.3, 0.4) is 0 Å². The Balaban J connectivity index is 2.28. The summed E-state index contributed by atoms with van der Waals surface area (Å²) < 4.78 is 0. The lowest BCUT2D eigenvalue weighted by Crippen LogP contribution is -2.42. The van der Waals surface area contributed by atoms with Crippen LogP contribution in [0, 0.1) is 5.41 Å². The van der Waals surface area contributed by atoms with Crippen molar-refractivity contribution in [2.24, 2.45) is 5.41 Å². The van der Waals surface area contributed by atoms with Crippen LogP contribution in [0.4, 0.5) is 0 Å². The van der Waals surface area contributed by atoms with Gasteiger partial charge in [0.25, 0.3) is 0 Å². The summed E-state index contributed by atoms with van der Waals surface area (Å²) in [5.74, 6) is 0. The van der Waals surface area contributed by atoms with Gasteiger partial charge < -0.3 is 4.90 Å². The van der Waals surface area contributed by atoms with Crippen LogP contribution in [-0.4, -0.2) is 29.9 Å². The van der Waals surface area contributed by atoms with Gasteiger partial charge in [0.2, 0.25) is 0 Å². The minimum atomic E-state index is 0.421. The van der Waals surface area contributed by atoms with Gasteiger partial charge in [-0.3, -0.25) is 0 Å². The van der Waals surface area contributed by atoms with Gasteiger partial charge in [-0.25, -0.2) is 0 Å². The van der Waals surface area contributed by atoms with Gasteiger partial charge in [-0.1, -0.05) is 36.2 Å². The number of hydrogen-bond donors (Lipinski definition) is 0. The largest absolute Gasteiger partial charge is 0.303 e. The van der Waals surface area contributed by atoms with E-state index in [0.717, 1.165) is 11.4 Å². The first-order valence-corrected chi connectivity index (χ1v) is 5.93. The molecule has 2 heteroatoms. The SMILES string of the molecule is CN(CC(C)(C)CBr)C1CCC1. The third-order valence-electron chi connectivity index (χ3n) is 2.74. The van der Waals surface area contributed by atoms with E-state index in [2.05, 4.69) is 41.7 Å². The first-order valence-electron chi connectivity index (χ1n) is 4.81. The number of alkyl halides is 1. The summed E-state index contributed by atoms with van der Waals surface area (Å²) in [5, 5.41) is 1.09. The fraction of sp³-hybridized carbons (Fsp3) is 1.00. The van der Waals surface area contributed by atoms with Gasteiger partial charge in [0, 0.05) is 17.9 Å². The molecule has 0 N–H and O–H groups in total. The van der Waals surface area contributed by atoms with Crippen molar-refractivity contribution in [3.63, 3.8) is 0 Å². The monoisotopic (exact) mass is 233 g/mol. The molecule has 0 aromatic rings. The molecule has 1 rings (SSSR count). The van der Waals surface area contributed by atoms with E-state index < -0.39 is 0 Å². The van der Waals surface area contributed by atoms with E-state index in [1.807, 2.05) is 0 Å². The van der Waals surface area contributed by atoms with E-state index in [0.29, 0.717) is 5.41 Å². The molecule has 1 saturated carbocycles. The van der Waals surface area contributed by atoms with Gasteiger partial charge in [0.15, 0.2) is 0 Å². The zero-order chi connectivity index (χ0) is 9.19. The van der Waals surface area contributed by atoms with Gasteiger partial charge in [-0.05, 0) is 25.3 Å². The van der Waals surface area contributed by atoms with Gasteiger partial charge in [0.05, 0.1) is 0 Å². The Morgan fingerprint density at radius 2 is 2.00 bits per heavy atom. The lowest BCUT2D eigenvalue weighted by molar-refractivity contribution is 0.119. The molecule has 0 atom stereocenters. The van der Waals surface area contributed by atoms with Crippen molar-refractivity contribution in [3.8, 4) is 0 Å². The topological polar surface area (TPSA) is 3.24 Å². The second-order valence-corrected chi connectivity index (χ2v) is 5.36. The Morgan fingerprint density at radius 1 is 1.42 bits per heavy atom. The van der Waals surface area contributed by atoms with Crippen LogP contribution in [0.25, 0.3) is 0 Å². The maximum atomic E-state index is 3.56. The van der Waals surface area contributed by atoms with Crippen molar-refractivity contribution in [2.75, 3.05) is 18.9 Å². The van der Waals surface area contributed by atoms with Crippen LogP contribution in [0.5, 0.6) is 0 Å². The Hall–Kier alpha value is 0.440. The highest BCUT2D eigenvalue weighted by atomic mass is 79.9. The highest BCUT2D eigenvalue weighted by molar-refractivity contribution is 9.09. The Kier molecular flexibility index (Phi) is 3.59. The van der Waals surface area contributed by atoms with Crippen molar-refractivity contribution >= 4 is 15.9 Å². The standard InChI is InChI=1S/C10H20BrN/c1-10(2,7-11)8-12(3)9-5-4-6-9/h9H,4-8H2,1-3H3. The molecule has 0 radical (unpaired) electrons. The van der Waals surface area contributed by atoms with Gasteiger partial charge in [-0.15, -0.1) is 0 Å². The van der Waals surface area contributed by atoms with Crippen molar-refractivity contribution in [3.05, 3.63) is 0 Å². The molecule has 0 bridgehead atoms. The zero-order valence-corrected chi connectivity index (χ0v) is 10.0. The first kappa shape index (κ1) is 10.5. The van der Waals surface area contributed by atoms with E-state index in [1.165, 1.54) is 25.8 Å². The highest BCUT2D eigenvalue weighted by Gasteiger charge is 2.26. The maximum Gasteiger partial charge on any atom is 0.00949 e. The van der Waals surface area contributed by atoms with Crippen LogP contribution >= 0.6 is 15.9 Å². The molecule has 1 fully saturated rings. The van der Waals surface area contributed by atoms with E-state index in [9.17, 15) is 0 Å². The number of halogens is 1. The van der Waals surface area contributed by atoms with Crippen molar-refractivity contribution < 1.29 is 0 Å². The fourth-order valence-corrected chi connectivity index (χ4v) is 1.85. The molecule has 0 amide bonds. The van der Waals surface area contributed by atoms with Crippen LogP contribution in [-0.2, 0) is 0 Å². The smallest absolute Gasteiger partial charge is 0.00949 e. The summed E-state index contributed by atoms with van der Waals surface area (Å²) in [6, 6.07) is 0.878. The number of nitrogens with zero attached hydrogens (tertiary/aromatic N) is 1. The summed E-state index contributed by atoms with van der Waals surface area (Å²) >= 11 is 3.56. The lowest BCUT2D eigenvalue weighted by Gasteiger charge is -2.39. The van der Waals surface area contributed by atoms with Crippen molar-refractivity contribution in [2.45, 2.75) is 39.2 Å². The predicted molar refractivity (Wildman–Crippen MR) is 57.8 cm³/mol. The zero-order valence-electron chi connectivity index (χ0n) is 8.44. The lowest BCUT2D eigenvalue weighted by atomic mass is 9.89. The third-order valence-corrected chi connectivity index (χ3v) is 4.26. The Bertz CT molecular complexity index is 141. The molecular formula is C10H20BrN. The van der Waals surface area contributed by atoms with E-state index in [-0.39, 0.29) is 0 Å². The highest BCUT2D eigenvalue weighted by Crippen LogP contribution is 2.27. The molecule has 0 unspecified atom stereocenters. The van der Waals surface area contributed by atoms with Gasteiger partial charge >= 0.3 is 0 Å². The molecule has 12 heavy (non-hydrogen) atoms. The molecule has 72 valence electrons. The van der Waals surface area contributed by atoms with E-state index in [4.69, 9.17) is 0 Å². The second-order valence-electron chi connectivity index (χ2n) is 4.80. The Morgan fingerprint density at radius 3 is 2.33 bits per heavy atom. The van der Waals surface area contributed by atoms with Crippen LogP contribution in [0.2, 0.25) is 0 Å². The van der Waals surface area contributed by atoms with E-state index >= 15 is 0 Å². The molecule has 1 aliphatic rings.